The Morgan fingerprint density at radius 3 is 2.42 bits per heavy atom. The third-order valence-electron chi connectivity index (χ3n) is 6.30. The molecule has 0 radical (unpaired) electrons. The summed E-state index contributed by atoms with van der Waals surface area (Å²) in [6.45, 7) is 2.37. The smallest absolute Gasteiger partial charge is 0.277 e. The molecule has 5 rings (SSSR count). The first-order valence-electron chi connectivity index (χ1n) is 11.2. The molecule has 0 fully saturated rings. The van der Waals surface area contributed by atoms with Crippen molar-refractivity contribution < 1.29 is 13.2 Å². The second-order valence-corrected chi connectivity index (χ2v) is 10.1. The molecule has 1 aromatic heterocycles. The monoisotopic (exact) mass is 500 g/mol. The Kier molecular flexibility index (Phi) is 5.70. The van der Waals surface area contributed by atoms with E-state index in [0.717, 1.165) is 11.3 Å². The van der Waals surface area contributed by atoms with Crippen molar-refractivity contribution in [2.24, 2.45) is 10.9 Å². The summed E-state index contributed by atoms with van der Waals surface area (Å²) in [7, 11) is -3.89. The molecule has 10 heteroatoms. The van der Waals surface area contributed by atoms with Crippen LogP contribution in [0.25, 0.3) is 16.8 Å². The van der Waals surface area contributed by atoms with E-state index >= 15 is 0 Å². The Morgan fingerprint density at radius 2 is 1.72 bits per heavy atom. The summed E-state index contributed by atoms with van der Waals surface area (Å²) >= 11 is 0. The summed E-state index contributed by atoms with van der Waals surface area (Å²) in [5, 5.41) is 17.7. The number of rotatable bonds is 5. The molecule has 36 heavy (non-hydrogen) atoms. The lowest BCUT2D eigenvalue weighted by Gasteiger charge is -2.28. The number of benzene rings is 3. The fraction of sp³-hybridized carbons (Fsp3) is 0.115. The highest BCUT2D eigenvalue weighted by molar-refractivity contribution is 7.89. The van der Waals surface area contributed by atoms with Gasteiger partial charge in [-0.3, -0.25) is 10.2 Å². The van der Waals surface area contributed by atoms with Gasteiger partial charge in [0.25, 0.3) is 5.91 Å². The minimum atomic E-state index is -3.89. The molecule has 0 unspecified atom stereocenters. The van der Waals surface area contributed by atoms with Crippen molar-refractivity contribution in [1.29, 1.82) is 5.41 Å². The van der Waals surface area contributed by atoms with Gasteiger partial charge >= 0.3 is 0 Å². The Hall–Kier alpha value is -4.28. The first-order valence-corrected chi connectivity index (χ1v) is 12.8. The second-order valence-electron chi connectivity index (χ2n) is 8.58. The molecular formula is C26H24N6O3S. The molecule has 5 N–H and O–H groups in total. The van der Waals surface area contributed by atoms with Gasteiger partial charge in [-0.2, -0.15) is 5.10 Å². The van der Waals surface area contributed by atoms with Crippen molar-refractivity contribution in [3.8, 4) is 16.8 Å². The van der Waals surface area contributed by atoms with Gasteiger partial charge in [-0.1, -0.05) is 42.5 Å². The molecule has 1 aliphatic heterocycles. The van der Waals surface area contributed by atoms with Gasteiger partial charge in [0, 0.05) is 28.9 Å². The highest BCUT2D eigenvalue weighted by Crippen LogP contribution is 2.31. The maximum absolute atomic E-state index is 13.6. The molecule has 1 amide bonds. The average molecular weight is 501 g/mol. The molecule has 0 spiro atoms. The fourth-order valence-electron chi connectivity index (χ4n) is 4.54. The number of amidine groups is 1. The third kappa shape index (κ3) is 4.06. The summed E-state index contributed by atoms with van der Waals surface area (Å²) < 4.78 is 25.7. The Labute approximate surface area is 208 Å². The highest BCUT2D eigenvalue weighted by atomic mass is 32.2. The lowest BCUT2D eigenvalue weighted by Crippen LogP contribution is -2.39. The molecule has 182 valence electrons. The molecule has 2 heterocycles. The van der Waals surface area contributed by atoms with E-state index in [4.69, 9.17) is 16.3 Å². The van der Waals surface area contributed by atoms with Gasteiger partial charge in [0.15, 0.2) is 0 Å². The van der Waals surface area contributed by atoms with Crippen molar-refractivity contribution in [2.45, 2.75) is 18.2 Å². The van der Waals surface area contributed by atoms with Crippen LogP contribution in [0.15, 0.2) is 77.7 Å². The number of nitrogen functional groups attached to an aromatic ring is 1. The number of nitrogens with two attached hydrogens (primary N) is 2. The number of amides is 1. The van der Waals surface area contributed by atoms with Gasteiger partial charge < -0.3 is 10.6 Å². The number of aryl methyl sites for hydroxylation is 1. The zero-order valence-electron chi connectivity index (χ0n) is 19.5. The topological polar surface area (TPSA) is 148 Å². The van der Waals surface area contributed by atoms with Crippen LogP contribution in [-0.4, -0.2) is 36.5 Å². The summed E-state index contributed by atoms with van der Waals surface area (Å²) in [5.41, 5.74) is 10.8. The molecule has 0 saturated carbocycles. The molecule has 0 saturated heterocycles. The van der Waals surface area contributed by atoms with Gasteiger partial charge in [-0.15, -0.1) is 0 Å². The van der Waals surface area contributed by atoms with Crippen molar-refractivity contribution in [2.75, 3.05) is 11.4 Å². The fourth-order valence-corrected chi connectivity index (χ4v) is 5.30. The summed E-state index contributed by atoms with van der Waals surface area (Å²) in [5.74, 6) is -0.256. The van der Waals surface area contributed by atoms with Gasteiger partial charge in [0.1, 0.15) is 11.5 Å². The number of carbonyl (C=O) groups is 1. The average Bonchev–Trinajstić information content (AvgIpc) is 3.21. The number of nitrogens with one attached hydrogen (secondary N) is 1. The quantitative estimate of drug-likeness (QED) is 0.285. The van der Waals surface area contributed by atoms with E-state index in [1.807, 2.05) is 13.0 Å². The van der Waals surface area contributed by atoms with Crippen LogP contribution in [0.2, 0.25) is 0 Å². The number of sulfonamides is 1. The van der Waals surface area contributed by atoms with Crippen LogP contribution in [0, 0.1) is 12.3 Å². The first-order chi connectivity index (χ1) is 17.1. The number of anilines is 1. The highest BCUT2D eigenvalue weighted by Gasteiger charge is 2.32. The molecule has 1 aliphatic rings. The van der Waals surface area contributed by atoms with Crippen molar-refractivity contribution in [3.63, 3.8) is 0 Å². The van der Waals surface area contributed by atoms with E-state index < -0.39 is 10.0 Å². The molecule has 3 aromatic carbocycles. The maximum atomic E-state index is 13.6. The number of carbonyl (C=O) groups excluding carboxylic acids is 1. The first kappa shape index (κ1) is 23.5. The number of aromatic nitrogens is 2. The number of fused-ring (bicyclic) bond motifs is 1. The van der Waals surface area contributed by atoms with Crippen LogP contribution in [-0.2, 0) is 16.4 Å². The van der Waals surface area contributed by atoms with E-state index in [2.05, 4.69) is 5.10 Å². The molecular weight excluding hydrogens is 476 g/mol. The van der Waals surface area contributed by atoms with Gasteiger partial charge in [0.2, 0.25) is 10.0 Å². The predicted octanol–water partition coefficient (Wildman–Crippen LogP) is 2.98. The lowest BCUT2D eigenvalue weighted by molar-refractivity contribution is 0.0973. The van der Waals surface area contributed by atoms with Crippen molar-refractivity contribution in [3.05, 3.63) is 95.3 Å². The molecule has 0 aliphatic carbocycles. The number of hydrogen-bond acceptors (Lipinski definition) is 5. The van der Waals surface area contributed by atoms with Crippen molar-refractivity contribution >= 4 is 27.5 Å². The van der Waals surface area contributed by atoms with Crippen LogP contribution in [0.5, 0.6) is 0 Å². The van der Waals surface area contributed by atoms with E-state index in [0.29, 0.717) is 46.7 Å². The van der Waals surface area contributed by atoms with Gasteiger partial charge in [-0.25, -0.2) is 18.2 Å². The molecule has 0 atom stereocenters. The van der Waals surface area contributed by atoms with Crippen LogP contribution in [0.3, 0.4) is 0 Å². The van der Waals surface area contributed by atoms with Gasteiger partial charge in [0.05, 0.1) is 16.3 Å². The van der Waals surface area contributed by atoms with E-state index in [-0.39, 0.29) is 16.6 Å². The zero-order chi connectivity index (χ0) is 25.6. The maximum Gasteiger partial charge on any atom is 0.277 e. The number of hydrogen-bond donors (Lipinski definition) is 3. The largest absolute Gasteiger partial charge is 0.384 e. The van der Waals surface area contributed by atoms with E-state index in [9.17, 15) is 13.2 Å². The third-order valence-corrected chi connectivity index (χ3v) is 7.27. The summed E-state index contributed by atoms with van der Waals surface area (Å²) in [6, 6.07) is 20.8. The lowest BCUT2D eigenvalue weighted by atomic mass is 10.0. The van der Waals surface area contributed by atoms with Crippen LogP contribution in [0.4, 0.5) is 5.69 Å². The molecule has 9 nitrogen and oxygen atoms in total. The van der Waals surface area contributed by atoms with E-state index in [1.54, 1.807) is 70.2 Å². The minimum Gasteiger partial charge on any atom is -0.384 e. The number of nitrogens with zero attached hydrogens (tertiary/aromatic N) is 3. The van der Waals surface area contributed by atoms with Crippen LogP contribution >= 0.6 is 0 Å². The minimum absolute atomic E-state index is 0.0451. The zero-order valence-corrected chi connectivity index (χ0v) is 20.3. The van der Waals surface area contributed by atoms with Crippen molar-refractivity contribution in [1.82, 2.24) is 9.78 Å². The number of primary sulfonamides is 1. The Bertz CT molecular complexity index is 1620. The molecule has 4 aromatic rings. The Morgan fingerprint density at radius 1 is 1.00 bits per heavy atom. The normalized spacial score (nSPS) is 13.5. The molecule has 0 bridgehead atoms. The second kappa shape index (κ2) is 8.74. The SMILES string of the molecule is Cc1nn(-c2ccc(-c3ccccc3S(N)(=O)=O)cc2)c2c1CCN(c1cccc(C(=N)N)c1)C2=O. The van der Waals surface area contributed by atoms with E-state index in [1.165, 1.54) is 6.07 Å². The summed E-state index contributed by atoms with van der Waals surface area (Å²) in [6.07, 6.45) is 0.636. The van der Waals surface area contributed by atoms with Crippen LogP contribution < -0.4 is 15.8 Å². The standard InChI is InChI=1S/C26H24N6O3S/c1-16-21-13-14-31(20-6-4-5-18(15-20)25(27)28)26(33)24(21)32(30-16)19-11-9-17(10-12-19)22-7-2-3-8-23(22)36(29,34)35/h2-12,15H,13-14H2,1H3,(H3,27,28)(H2,29,34,35). The predicted molar refractivity (Wildman–Crippen MR) is 138 cm³/mol. The van der Waals surface area contributed by atoms with Crippen LogP contribution in [0.1, 0.15) is 27.3 Å². The summed E-state index contributed by atoms with van der Waals surface area (Å²) in [4.78, 5) is 15.4. The Balaban J connectivity index is 1.54. The van der Waals surface area contributed by atoms with Gasteiger partial charge in [-0.05, 0) is 49.2 Å².